The van der Waals surface area contributed by atoms with Crippen LogP contribution < -0.4 is 5.32 Å². The third-order valence-electron chi connectivity index (χ3n) is 4.04. The minimum absolute atomic E-state index is 0.524. The number of nitrogens with zero attached hydrogens (tertiary/aromatic N) is 1. The van der Waals surface area contributed by atoms with Crippen molar-refractivity contribution in [1.29, 1.82) is 0 Å². The fourth-order valence-electron chi connectivity index (χ4n) is 2.92. The highest BCUT2D eigenvalue weighted by Crippen LogP contribution is 2.29. The van der Waals surface area contributed by atoms with E-state index in [1.54, 1.807) is 7.11 Å². The van der Waals surface area contributed by atoms with E-state index in [-0.39, 0.29) is 0 Å². The van der Waals surface area contributed by atoms with Crippen LogP contribution in [0.3, 0.4) is 0 Å². The zero-order valence-electron chi connectivity index (χ0n) is 12.9. The third kappa shape index (κ3) is 4.33. The van der Waals surface area contributed by atoms with Gasteiger partial charge < -0.3 is 19.4 Å². The van der Waals surface area contributed by atoms with Gasteiger partial charge in [-0.2, -0.15) is 0 Å². The van der Waals surface area contributed by atoms with Crippen molar-refractivity contribution in [2.24, 2.45) is 0 Å². The van der Waals surface area contributed by atoms with Crippen LogP contribution >= 0.6 is 0 Å². The van der Waals surface area contributed by atoms with Crippen molar-refractivity contribution >= 4 is 0 Å². The molecule has 1 aromatic rings. The van der Waals surface area contributed by atoms with Gasteiger partial charge in [-0.15, -0.1) is 0 Å². The van der Waals surface area contributed by atoms with E-state index in [2.05, 4.69) is 29.3 Å². The van der Waals surface area contributed by atoms with Gasteiger partial charge in [0, 0.05) is 45.3 Å². The largest absolute Gasteiger partial charge is 0.385 e. The highest BCUT2D eigenvalue weighted by Gasteiger charge is 2.18. The van der Waals surface area contributed by atoms with Crippen LogP contribution in [0.5, 0.6) is 0 Å². The summed E-state index contributed by atoms with van der Waals surface area (Å²) in [7, 11) is 3.79. The zero-order chi connectivity index (χ0) is 14.2. The van der Waals surface area contributed by atoms with Gasteiger partial charge in [0.1, 0.15) is 0 Å². The first-order valence-electron chi connectivity index (χ1n) is 7.77. The van der Waals surface area contributed by atoms with E-state index in [1.165, 1.54) is 36.8 Å². The Bertz CT molecular complexity index is 390. The van der Waals surface area contributed by atoms with Crippen LogP contribution in [0.4, 0.5) is 0 Å². The van der Waals surface area contributed by atoms with Crippen molar-refractivity contribution in [3.8, 4) is 0 Å². The summed E-state index contributed by atoms with van der Waals surface area (Å²) in [5.41, 5.74) is 3.01. The second-order valence-electron chi connectivity index (χ2n) is 5.52. The first kappa shape index (κ1) is 15.5. The summed E-state index contributed by atoms with van der Waals surface area (Å²) in [6.07, 6.45) is 10.7. The number of rotatable bonds is 8. The molecule has 1 atom stereocenters. The summed E-state index contributed by atoms with van der Waals surface area (Å²) < 4.78 is 12.9. The minimum Gasteiger partial charge on any atom is -0.385 e. The van der Waals surface area contributed by atoms with Crippen LogP contribution in [0, 0.1) is 0 Å². The molecule has 0 aromatic carbocycles. The lowest BCUT2D eigenvalue weighted by atomic mass is 10.1. The van der Waals surface area contributed by atoms with E-state index >= 15 is 0 Å². The minimum atomic E-state index is 0.524. The summed E-state index contributed by atoms with van der Waals surface area (Å²) in [5.74, 6) is 0. The Morgan fingerprint density at radius 3 is 2.95 bits per heavy atom. The van der Waals surface area contributed by atoms with Gasteiger partial charge in [-0.05, 0) is 43.9 Å². The average Bonchev–Trinajstić information content (AvgIpc) is 2.76. The maximum Gasteiger partial charge on any atom is 0.0645 e. The molecule has 0 fully saturated rings. The molecule has 0 spiro atoms. The van der Waals surface area contributed by atoms with E-state index in [0.717, 1.165) is 32.8 Å². The van der Waals surface area contributed by atoms with Crippen LogP contribution in [-0.2, 0) is 22.4 Å². The molecule has 114 valence electrons. The molecular formula is C16H28N2O2. The fourth-order valence-corrected chi connectivity index (χ4v) is 2.92. The second-order valence-corrected chi connectivity index (χ2v) is 5.52. The lowest BCUT2D eigenvalue weighted by Gasteiger charge is -2.13. The van der Waals surface area contributed by atoms with E-state index in [4.69, 9.17) is 9.47 Å². The molecule has 20 heavy (non-hydrogen) atoms. The Hall–Kier alpha value is -0.840. The van der Waals surface area contributed by atoms with Gasteiger partial charge in [0.05, 0.1) is 6.61 Å². The molecular weight excluding hydrogens is 252 g/mol. The van der Waals surface area contributed by atoms with Crippen molar-refractivity contribution in [2.45, 2.75) is 44.7 Å². The normalized spacial score (nSPS) is 18.8. The quantitative estimate of drug-likeness (QED) is 0.587. The van der Waals surface area contributed by atoms with Crippen molar-refractivity contribution in [3.05, 3.63) is 23.5 Å². The number of fused-ring (bicyclic) bond motifs is 1. The van der Waals surface area contributed by atoms with Crippen LogP contribution in [0.2, 0.25) is 0 Å². The smallest absolute Gasteiger partial charge is 0.0645 e. The van der Waals surface area contributed by atoms with Crippen LogP contribution in [0.15, 0.2) is 12.4 Å². The van der Waals surface area contributed by atoms with Crippen LogP contribution in [0.1, 0.15) is 42.9 Å². The summed E-state index contributed by atoms with van der Waals surface area (Å²) in [6.45, 7) is 3.29. The van der Waals surface area contributed by atoms with E-state index in [0.29, 0.717) is 6.04 Å². The highest BCUT2D eigenvalue weighted by atomic mass is 16.5. The average molecular weight is 280 g/mol. The number of aromatic nitrogens is 1. The van der Waals surface area contributed by atoms with E-state index < -0.39 is 0 Å². The molecule has 1 aromatic heterocycles. The van der Waals surface area contributed by atoms with Gasteiger partial charge in [0.2, 0.25) is 0 Å². The monoisotopic (exact) mass is 280 g/mol. The molecule has 0 saturated carbocycles. The molecule has 1 aliphatic rings. The van der Waals surface area contributed by atoms with Gasteiger partial charge in [-0.25, -0.2) is 0 Å². The molecule has 1 heterocycles. The molecule has 0 bridgehead atoms. The molecule has 2 rings (SSSR count). The SMILES string of the molecule is CNC1CCCCc2cn(CCOCCCOC)cc21. The van der Waals surface area contributed by atoms with Gasteiger partial charge in [-0.3, -0.25) is 0 Å². The van der Waals surface area contributed by atoms with Crippen molar-refractivity contribution in [3.63, 3.8) is 0 Å². The predicted octanol–water partition coefficient (Wildman–Crippen LogP) is 2.53. The predicted molar refractivity (Wildman–Crippen MR) is 81.1 cm³/mol. The summed E-state index contributed by atoms with van der Waals surface area (Å²) in [4.78, 5) is 0. The molecule has 1 N–H and O–H groups in total. The maximum atomic E-state index is 5.63. The van der Waals surface area contributed by atoms with Gasteiger partial charge in [0.15, 0.2) is 0 Å². The highest BCUT2D eigenvalue weighted by molar-refractivity contribution is 5.29. The van der Waals surface area contributed by atoms with Crippen molar-refractivity contribution in [1.82, 2.24) is 9.88 Å². The molecule has 1 unspecified atom stereocenters. The van der Waals surface area contributed by atoms with E-state index in [9.17, 15) is 0 Å². The fraction of sp³-hybridized carbons (Fsp3) is 0.750. The number of nitrogens with one attached hydrogen (secondary N) is 1. The topological polar surface area (TPSA) is 35.4 Å². The molecule has 0 amide bonds. The molecule has 1 aliphatic carbocycles. The summed E-state index contributed by atoms with van der Waals surface area (Å²) >= 11 is 0. The Labute approximate surface area is 122 Å². The number of hydrogen-bond acceptors (Lipinski definition) is 3. The summed E-state index contributed by atoms with van der Waals surface area (Å²) in [6, 6.07) is 0.524. The lowest BCUT2D eigenvalue weighted by Crippen LogP contribution is -2.15. The standard InChI is InChI=1S/C16H28N2O2/c1-17-16-7-4-3-6-14-12-18(13-15(14)16)8-11-20-10-5-9-19-2/h12-13,16-17H,3-11H2,1-2H3. The molecule has 4 heteroatoms. The first-order valence-corrected chi connectivity index (χ1v) is 7.77. The Morgan fingerprint density at radius 1 is 1.25 bits per heavy atom. The Morgan fingerprint density at radius 2 is 2.15 bits per heavy atom. The third-order valence-corrected chi connectivity index (χ3v) is 4.04. The maximum absolute atomic E-state index is 5.63. The van der Waals surface area contributed by atoms with Gasteiger partial charge >= 0.3 is 0 Å². The number of hydrogen-bond donors (Lipinski definition) is 1. The number of methoxy groups -OCH3 is 1. The first-order chi connectivity index (χ1) is 9.85. The molecule has 0 aliphatic heterocycles. The van der Waals surface area contributed by atoms with E-state index in [1.807, 2.05) is 0 Å². The lowest BCUT2D eigenvalue weighted by molar-refractivity contribution is 0.0977. The molecule has 0 saturated heterocycles. The molecule has 0 radical (unpaired) electrons. The zero-order valence-corrected chi connectivity index (χ0v) is 12.9. The Balaban J connectivity index is 1.81. The van der Waals surface area contributed by atoms with Crippen LogP contribution in [-0.4, -0.2) is 38.5 Å². The number of aryl methyl sites for hydroxylation is 1. The van der Waals surface area contributed by atoms with Gasteiger partial charge in [-0.1, -0.05) is 6.42 Å². The molecule has 4 nitrogen and oxygen atoms in total. The second kappa shape index (κ2) is 8.45. The van der Waals surface area contributed by atoms with Crippen LogP contribution in [0.25, 0.3) is 0 Å². The van der Waals surface area contributed by atoms with Gasteiger partial charge in [0.25, 0.3) is 0 Å². The number of ether oxygens (including phenoxy) is 2. The van der Waals surface area contributed by atoms with Crippen molar-refractivity contribution in [2.75, 3.05) is 34.0 Å². The van der Waals surface area contributed by atoms with Crippen molar-refractivity contribution < 1.29 is 9.47 Å². The Kier molecular flexibility index (Phi) is 6.57. The summed E-state index contributed by atoms with van der Waals surface area (Å²) in [5, 5.41) is 3.45.